The number of carbonyl (C=O) groups excluding carboxylic acids is 1. The molecule has 1 heterocycles. The van der Waals surface area contributed by atoms with Gasteiger partial charge in [0.05, 0.1) is 13.4 Å². The molecule has 7 nitrogen and oxygen atoms in total. The van der Waals surface area contributed by atoms with E-state index in [1.54, 1.807) is 30.7 Å². The summed E-state index contributed by atoms with van der Waals surface area (Å²) in [5.41, 5.74) is 1.38. The molecule has 0 aliphatic rings. The predicted molar refractivity (Wildman–Crippen MR) is 119 cm³/mol. The number of aliphatic carboxylic acids is 1. The summed E-state index contributed by atoms with van der Waals surface area (Å²) in [4.78, 5) is 31.0. The highest BCUT2D eigenvalue weighted by atomic mass is 35.5. The first-order chi connectivity index (χ1) is 14.0. The van der Waals surface area contributed by atoms with Crippen LogP contribution in [0.1, 0.15) is 39.0 Å². The predicted octanol–water partition coefficient (Wildman–Crippen LogP) is 4.53. The zero-order chi connectivity index (χ0) is 22.8. The number of halogens is 2. The van der Waals surface area contributed by atoms with Gasteiger partial charge in [0.15, 0.2) is 6.04 Å². The summed E-state index contributed by atoms with van der Waals surface area (Å²) in [5.74, 6) is -0.981. The number of rotatable bonds is 7. The van der Waals surface area contributed by atoms with Gasteiger partial charge in [0, 0.05) is 34.9 Å². The molecule has 9 heteroatoms. The van der Waals surface area contributed by atoms with Crippen LogP contribution in [0, 0.1) is 5.92 Å². The van der Waals surface area contributed by atoms with E-state index in [2.05, 4.69) is 30.7 Å². The lowest BCUT2D eigenvalue weighted by Gasteiger charge is -2.13. The van der Waals surface area contributed by atoms with Gasteiger partial charge in [-0.25, -0.2) is 14.6 Å². The molecule has 0 fully saturated rings. The molecule has 0 saturated carbocycles. The Balaban J connectivity index is 0.00000103. The van der Waals surface area contributed by atoms with Crippen molar-refractivity contribution in [1.29, 1.82) is 0 Å². The lowest BCUT2D eigenvalue weighted by atomic mass is 10.1. The lowest BCUT2D eigenvalue weighted by Crippen LogP contribution is -2.26. The molecule has 1 aromatic carbocycles. The number of hydrogen-bond acceptors (Lipinski definition) is 5. The van der Waals surface area contributed by atoms with E-state index >= 15 is 0 Å². The number of aromatic nitrogens is 2. The number of aliphatic imine (C=N–C) groups is 1. The fraction of sp³-hybridized carbons (Fsp3) is 0.429. The first-order valence-corrected chi connectivity index (χ1v) is 10.1. The van der Waals surface area contributed by atoms with E-state index in [0.717, 1.165) is 11.5 Å². The van der Waals surface area contributed by atoms with Crippen LogP contribution < -0.4 is 0 Å². The zero-order valence-electron chi connectivity index (χ0n) is 17.7. The molecule has 1 atom stereocenters. The first kappa shape index (κ1) is 25.7. The summed E-state index contributed by atoms with van der Waals surface area (Å²) in [5, 5.41) is 10.0. The number of esters is 1. The van der Waals surface area contributed by atoms with Crippen LogP contribution in [-0.2, 0) is 27.3 Å². The number of imidazole rings is 1. The maximum absolute atomic E-state index is 12.0. The van der Waals surface area contributed by atoms with Crippen LogP contribution in [0.3, 0.4) is 0 Å². The summed E-state index contributed by atoms with van der Waals surface area (Å²) in [7, 11) is 1.23. The average Bonchev–Trinajstić information content (AvgIpc) is 3.05. The largest absolute Gasteiger partial charge is 0.477 e. The molecule has 0 bridgehead atoms. The molecular weight excluding hydrogens is 429 g/mol. The van der Waals surface area contributed by atoms with Crippen LogP contribution in [0.4, 0.5) is 0 Å². The van der Waals surface area contributed by atoms with Crippen LogP contribution in [0.5, 0.6) is 0 Å². The number of carboxylic acids is 1. The Morgan fingerprint density at radius 3 is 2.27 bits per heavy atom. The number of ether oxygens (including phenoxy) is 1. The third kappa shape index (κ3) is 8.97. The molecule has 0 spiro atoms. The van der Waals surface area contributed by atoms with Crippen LogP contribution in [0.15, 0.2) is 35.7 Å². The molecule has 0 radical (unpaired) electrons. The van der Waals surface area contributed by atoms with E-state index in [0.29, 0.717) is 22.3 Å². The van der Waals surface area contributed by atoms with Gasteiger partial charge in [-0.05, 0) is 36.6 Å². The quantitative estimate of drug-likeness (QED) is 0.488. The van der Waals surface area contributed by atoms with Gasteiger partial charge in [-0.15, -0.1) is 0 Å². The molecule has 30 heavy (non-hydrogen) atoms. The van der Waals surface area contributed by atoms with Crippen molar-refractivity contribution in [3.63, 3.8) is 0 Å². The molecule has 1 aromatic heterocycles. The van der Waals surface area contributed by atoms with Crippen molar-refractivity contribution in [3.05, 3.63) is 52.0 Å². The molecule has 0 unspecified atom stereocenters. The second-order valence-electron chi connectivity index (χ2n) is 7.29. The lowest BCUT2D eigenvalue weighted by molar-refractivity contribution is -0.142. The highest BCUT2D eigenvalue weighted by Gasteiger charge is 2.22. The summed E-state index contributed by atoms with van der Waals surface area (Å²) < 4.78 is 6.54. The molecule has 2 aromatic rings. The first-order valence-electron chi connectivity index (χ1n) is 9.33. The third-order valence-corrected chi connectivity index (χ3v) is 4.04. The Morgan fingerprint density at radius 2 is 1.77 bits per heavy atom. The Labute approximate surface area is 186 Å². The van der Waals surface area contributed by atoms with Crippen molar-refractivity contribution in [2.24, 2.45) is 10.9 Å². The van der Waals surface area contributed by atoms with Crippen molar-refractivity contribution >= 4 is 40.9 Å². The molecule has 0 aliphatic heterocycles. The Morgan fingerprint density at radius 1 is 1.20 bits per heavy atom. The van der Waals surface area contributed by atoms with Crippen LogP contribution in [0.2, 0.25) is 10.0 Å². The van der Waals surface area contributed by atoms with E-state index in [1.165, 1.54) is 14.0 Å². The van der Waals surface area contributed by atoms with E-state index in [9.17, 15) is 9.59 Å². The van der Waals surface area contributed by atoms with Gasteiger partial charge in [-0.2, -0.15) is 0 Å². The molecular formula is C21H27Cl2N3O4. The topological polar surface area (TPSA) is 93.8 Å². The van der Waals surface area contributed by atoms with E-state index < -0.39 is 18.0 Å². The standard InChI is InChI=1S/C17H17Cl2N3O4.C4H10/c1-10(16(23)24)21-15(17(25)26-2)6-14-7-20-9-22(14)8-11-3-12(18)5-13(19)4-11;1-4(2)3/h3-5,7,9,15H,6,8H2,1-2H3,(H,23,24);4H,1-3H3/t15-;/m0./s1. The number of methoxy groups -OCH3 is 1. The minimum atomic E-state index is -1.19. The third-order valence-electron chi connectivity index (χ3n) is 3.61. The fourth-order valence-corrected chi connectivity index (χ4v) is 2.94. The fourth-order valence-electron chi connectivity index (χ4n) is 2.36. The van der Waals surface area contributed by atoms with Crippen molar-refractivity contribution in [3.8, 4) is 0 Å². The second-order valence-corrected chi connectivity index (χ2v) is 8.16. The van der Waals surface area contributed by atoms with Gasteiger partial charge < -0.3 is 14.4 Å². The van der Waals surface area contributed by atoms with Gasteiger partial charge in [0.2, 0.25) is 0 Å². The Hall–Kier alpha value is -2.38. The van der Waals surface area contributed by atoms with Gasteiger partial charge >= 0.3 is 11.9 Å². The molecule has 164 valence electrons. The molecule has 0 aliphatic carbocycles. The van der Waals surface area contributed by atoms with E-state index in [1.807, 2.05) is 4.57 Å². The van der Waals surface area contributed by atoms with E-state index in [4.69, 9.17) is 33.0 Å². The van der Waals surface area contributed by atoms with Crippen LogP contribution >= 0.6 is 23.2 Å². The van der Waals surface area contributed by atoms with Crippen molar-refractivity contribution in [2.75, 3.05) is 7.11 Å². The normalized spacial score (nSPS) is 12.2. The smallest absolute Gasteiger partial charge is 0.349 e. The number of carbonyl (C=O) groups is 2. The average molecular weight is 456 g/mol. The van der Waals surface area contributed by atoms with Gasteiger partial charge in [-0.3, -0.25) is 4.99 Å². The van der Waals surface area contributed by atoms with E-state index in [-0.39, 0.29) is 12.1 Å². The molecule has 0 saturated heterocycles. The summed E-state index contributed by atoms with van der Waals surface area (Å²) >= 11 is 12.0. The maximum Gasteiger partial charge on any atom is 0.349 e. The highest BCUT2D eigenvalue weighted by Crippen LogP contribution is 2.20. The molecule has 2 rings (SSSR count). The molecule has 1 N–H and O–H groups in total. The second kappa shape index (κ2) is 12.3. The Bertz CT molecular complexity index is 871. The summed E-state index contributed by atoms with van der Waals surface area (Å²) in [6.45, 7) is 8.26. The summed E-state index contributed by atoms with van der Waals surface area (Å²) in [6.07, 6.45) is 3.34. The van der Waals surface area contributed by atoms with Crippen molar-refractivity contribution in [1.82, 2.24) is 9.55 Å². The number of carboxylic acid groups (broad SMARTS) is 1. The van der Waals surface area contributed by atoms with Gasteiger partial charge in [-0.1, -0.05) is 44.0 Å². The van der Waals surface area contributed by atoms with Crippen molar-refractivity contribution < 1.29 is 19.4 Å². The maximum atomic E-state index is 12.0. The minimum Gasteiger partial charge on any atom is -0.477 e. The number of hydrogen-bond donors (Lipinski definition) is 1. The summed E-state index contributed by atoms with van der Waals surface area (Å²) in [6, 6.07) is 4.22. The monoisotopic (exact) mass is 455 g/mol. The number of nitrogens with zero attached hydrogens (tertiary/aromatic N) is 3. The highest BCUT2D eigenvalue weighted by molar-refractivity contribution is 6.35. The Kier molecular flexibility index (Phi) is 10.6. The van der Waals surface area contributed by atoms with Crippen LogP contribution in [-0.4, -0.2) is 45.5 Å². The van der Waals surface area contributed by atoms with Gasteiger partial charge in [0.25, 0.3) is 0 Å². The SMILES string of the molecule is CC(C)C.COC(=O)[C@H](Cc1cncn1Cc1cc(Cl)cc(Cl)c1)N=C(C)C(=O)O. The minimum absolute atomic E-state index is 0.144. The van der Waals surface area contributed by atoms with Gasteiger partial charge in [0.1, 0.15) is 5.71 Å². The number of benzene rings is 1. The van der Waals surface area contributed by atoms with Crippen molar-refractivity contribution in [2.45, 2.75) is 46.7 Å². The zero-order valence-corrected chi connectivity index (χ0v) is 19.2. The van der Waals surface area contributed by atoms with Crippen LogP contribution in [0.25, 0.3) is 0 Å². The molecule has 0 amide bonds.